The number of fused-ring (bicyclic) bond motifs is 1. The maximum atomic E-state index is 11.5. The summed E-state index contributed by atoms with van der Waals surface area (Å²) in [7, 11) is 3.24. The fourth-order valence-electron chi connectivity index (χ4n) is 2.32. The number of carboxylic acid groups (broad SMARTS) is 1. The highest BCUT2D eigenvalue weighted by atomic mass is 16.5. The zero-order chi connectivity index (χ0) is 14.7. The molecular weight excluding hydrogens is 260 g/mol. The van der Waals surface area contributed by atoms with Crippen LogP contribution in [-0.4, -0.2) is 53.4 Å². The van der Waals surface area contributed by atoms with Crippen molar-refractivity contribution in [2.75, 3.05) is 27.3 Å². The number of aromatic nitrogens is 1. The van der Waals surface area contributed by atoms with Crippen LogP contribution < -0.4 is 4.74 Å². The molecule has 1 atom stereocenters. The first kappa shape index (κ1) is 14.4. The van der Waals surface area contributed by atoms with Gasteiger partial charge in [0.2, 0.25) is 0 Å². The highest BCUT2D eigenvalue weighted by molar-refractivity contribution is 5.90. The number of H-pyrrole nitrogens is 1. The summed E-state index contributed by atoms with van der Waals surface area (Å²) in [5, 5.41) is 19.3. The number of aliphatic carboxylic acids is 1. The number of likely N-dealkylation sites (N-methyl/N-ethyl adjacent to an activating group) is 1. The first-order chi connectivity index (χ1) is 9.58. The molecule has 0 saturated carbocycles. The number of hydrogen-bond acceptors (Lipinski definition) is 4. The minimum absolute atomic E-state index is 0.0913. The smallest absolute Gasteiger partial charge is 0.325 e. The molecule has 1 aromatic heterocycles. The van der Waals surface area contributed by atoms with E-state index in [1.807, 2.05) is 18.2 Å². The number of aliphatic hydroxyl groups excluding tert-OH is 1. The minimum Gasteiger partial charge on any atom is -0.497 e. The maximum absolute atomic E-state index is 11.5. The lowest BCUT2D eigenvalue weighted by Crippen LogP contribution is -2.32. The van der Waals surface area contributed by atoms with Crippen LogP contribution in [-0.2, 0) is 4.79 Å². The molecule has 3 N–H and O–H groups in total. The van der Waals surface area contributed by atoms with Gasteiger partial charge in [0, 0.05) is 29.2 Å². The van der Waals surface area contributed by atoms with Crippen LogP contribution in [0.4, 0.5) is 0 Å². The Kier molecular flexibility index (Phi) is 4.26. The number of carbonyl (C=O) groups is 1. The Labute approximate surface area is 116 Å². The molecule has 0 aliphatic carbocycles. The third-order valence-electron chi connectivity index (χ3n) is 3.34. The van der Waals surface area contributed by atoms with E-state index in [0.29, 0.717) is 11.3 Å². The molecule has 20 heavy (non-hydrogen) atoms. The molecule has 0 spiro atoms. The van der Waals surface area contributed by atoms with Crippen molar-refractivity contribution < 1.29 is 19.7 Å². The second-order valence-corrected chi connectivity index (χ2v) is 4.60. The third-order valence-corrected chi connectivity index (χ3v) is 3.34. The molecule has 0 saturated heterocycles. The number of nitrogens with one attached hydrogen (secondary N) is 1. The Morgan fingerprint density at radius 1 is 1.50 bits per heavy atom. The molecule has 0 bridgehead atoms. The van der Waals surface area contributed by atoms with E-state index in [4.69, 9.17) is 9.84 Å². The van der Waals surface area contributed by atoms with Crippen LogP contribution in [0.15, 0.2) is 24.4 Å². The van der Waals surface area contributed by atoms with E-state index < -0.39 is 12.0 Å². The van der Waals surface area contributed by atoms with Crippen LogP contribution in [0.25, 0.3) is 10.9 Å². The summed E-state index contributed by atoms with van der Waals surface area (Å²) in [6.07, 6.45) is 1.69. The number of nitrogens with zero attached hydrogens (tertiary/aromatic N) is 1. The van der Waals surface area contributed by atoms with Crippen LogP contribution in [0, 0.1) is 0 Å². The van der Waals surface area contributed by atoms with E-state index in [1.165, 1.54) is 0 Å². The van der Waals surface area contributed by atoms with E-state index in [9.17, 15) is 9.90 Å². The number of carboxylic acids is 1. The molecule has 0 aliphatic heterocycles. The number of hydrogen-bond donors (Lipinski definition) is 3. The van der Waals surface area contributed by atoms with E-state index in [0.717, 1.165) is 10.9 Å². The van der Waals surface area contributed by atoms with Crippen molar-refractivity contribution >= 4 is 16.9 Å². The summed E-state index contributed by atoms with van der Waals surface area (Å²) < 4.78 is 5.18. The lowest BCUT2D eigenvalue weighted by molar-refractivity contribution is -0.143. The number of aliphatic hydroxyl groups is 1. The predicted octanol–water partition coefficient (Wildman–Crippen LogP) is 1.23. The molecule has 0 amide bonds. The Morgan fingerprint density at radius 3 is 2.85 bits per heavy atom. The number of ether oxygens (including phenoxy) is 1. The largest absolute Gasteiger partial charge is 0.497 e. The lowest BCUT2D eigenvalue weighted by atomic mass is 10.0. The third kappa shape index (κ3) is 2.61. The zero-order valence-corrected chi connectivity index (χ0v) is 11.5. The monoisotopic (exact) mass is 278 g/mol. The Morgan fingerprint density at radius 2 is 2.25 bits per heavy atom. The molecule has 1 aromatic carbocycles. The van der Waals surface area contributed by atoms with Gasteiger partial charge in [0.25, 0.3) is 0 Å². The van der Waals surface area contributed by atoms with Gasteiger partial charge in [-0.3, -0.25) is 9.69 Å². The van der Waals surface area contributed by atoms with Crippen LogP contribution >= 0.6 is 0 Å². The summed E-state index contributed by atoms with van der Waals surface area (Å²) in [5.41, 5.74) is 1.51. The first-order valence-corrected chi connectivity index (χ1v) is 6.27. The number of aromatic amines is 1. The molecule has 2 aromatic rings. The topological polar surface area (TPSA) is 85.8 Å². The van der Waals surface area contributed by atoms with Gasteiger partial charge in [-0.05, 0) is 25.2 Å². The van der Waals surface area contributed by atoms with Crippen molar-refractivity contribution in [3.63, 3.8) is 0 Å². The van der Waals surface area contributed by atoms with Gasteiger partial charge in [-0.15, -0.1) is 0 Å². The molecule has 1 heterocycles. The maximum Gasteiger partial charge on any atom is 0.325 e. The standard InChI is InChI=1S/C14H18N2O4/c1-16(5-6-17)13(14(18)19)11-8-15-12-4-3-9(20-2)7-10(11)12/h3-4,7-8,13,15,17H,5-6H2,1-2H3,(H,18,19). The van der Waals surface area contributed by atoms with Crippen LogP contribution in [0.2, 0.25) is 0 Å². The quantitative estimate of drug-likeness (QED) is 0.740. The Balaban J connectivity index is 2.50. The number of benzene rings is 1. The van der Waals surface area contributed by atoms with Gasteiger partial charge in [-0.25, -0.2) is 0 Å². The molecule has 0 aliphatic rings. The van der Waals surface area contributed by atoms with Crippen molar-refractivity contribution in [1.29, 1.82) is 0 Å². The Hall–Kier alpha value is -2.05. The normalized spacial score (nSPS) is 12.8. The molecule has 1 unspecified atom stereocenters. The second-order valence-electron chi connectivity index (χ2n) is 4.60. The van der Waals surface area contributed by atoms with Gasteiger partial charge >= 0.3 is 5.97 Å². The summed E-state index contributed by atoms with van der Waals surface area (Å²) >= 11 is 0. The van der Waals surface area contributed by atoms with Crippen molar-refractivity contribution in [3.8, 4) is 5.75 Å². The lowest BCUT2D eigenvalue weighted by Gasteiger charge is -2.23. The molecule has 0 fully saturated rings. The molecule has 2 rings (SSSR count). The molecule has 0 radical (unpaired) electrons. The van der Waals surface area contributed by atoms with E-state index in [2.05, 4.69) is 4.98 Å². The summed E-state index contributed by atoms with van der Waals surface area (Å²) in [6, 6.07) is 4.66. The van der Waals surface area contributed by atoms with Crippen LogP contribution in [0.5, 0.6) is 5.75 Å². The van der Waals surface area contributed by atoms with E-state index in [1.54, 1.807) is 25.3 Å². The minimum atomic E-state index is -0.954. The Bertz CT molecular complexity index is 608. The molecule has 6 heteroatoms. The average Bonchev–Trinajstić information content (AvgIpc) is 2.82. The number of methoxy groups -OCH3 is 1. The first-order valence-electron chi connectivity index (χ1n) is 6.27. The van der Waals surface area contributed by atoms with Crippen molar-refractivity contribution in [1.82, 2.24) is 9.88 Å². The highest BCUT2D eigenvalue weighted by Crippen LogP contribution is 2.30. The van der Waals surface area contributed by atoms with Gasteiger partial charge in [0.05, 0.1) is 13.7 Å². The fraction of sp³-hybridized carbons (Fsp3) is 0.357. The SMILES string of the molecule is COc1ccc2[nH]cc(C(C(=O)O)N(C)CCO)c2c1. The van der Waals surface area contributed by atoms with Gasteiger partial charge in [-0.2, -0.15) is 0 Å². The molecular formula is C14H18N2O4. The van der Waals surface area contributed by atoms with Crippen molar-refractivity contribution in [3.05, 3.63) is 30.0 Å². The van der Waals surface area contributed by atoms with Gasteiger partial charge < -0.3 is 19.9 Å². The van der Waals surface area contributed by atoms with Crippen molar-refractivity contribution in [2.24, 2.45) is 0 Å². The van der Waals surface area contributed by atoms with Gasteiger partial charge in [0.1, 0.15) is 11.8 Å². The summed E-state index contributed by atoms with van der Waals surface area (Å²) in [4.78, 5) is 16.2. The molecule has 108 valence electrons. The zero-order valence-electron chi connectivity index (χ0n) is 11.5. The van der Waals surface area contributed by atoms with Gasteiger partial charge in [-0.1, -0.05) is 0 Å². The van der Waals surface area contributed by atoms with E-state index in [-0.39, 0.29) is 13.2 Å². The fourth-order valence-corrected chi connectivity index (χ4v) is 2.32. The van der Waals surface area contributed by atoms with Crippen LogP contribution in [0.3, 0.4) is 0 Å². The summed E-state index contributed by atoms with van der Waals surface area (Å²) in [5.74, 6) is -0.281. The summed E-state index contributed by atoms with van der Waals surface area (Å²) in [6.45, 7) is 0.194. The molecule has 6 nitrogen and oxygen atoms in total. The van der Waals surface area contributed by atoms with Gasteiger partial charge in [0.15, 0.2) is 0 Å². The average molecular weight is 278 g/mol. The van der Waals surface area contributed by atoms with Crippen molar-refractivity contribution in [2.45, 2.75) is 6.04 Å². The highest BCUT2D eigenvalue weighted by Gasteiger charge is 2.27. The predicted molar refractivity (Wildman–Crippen MR) is 74.9 cm³/mol. The van der Waals surface area contributed by atoms with E-state index >= 15 is 0 Å². The van der Waals surface area contributed by atoms with Crippen LogP contribution in [0.1, 0.15) is 11.6 Å². The number of rotatable bonds is 6. The second kappa shape index (κ2) is 5.94.